The first-order valence-electron chi connectivity index (χ1n) is 6.80. The van der Waals surface area contributed by atoms with E-state index in [1.54, 1.807) is 0 Å². The molecule has 0 saturated carbocycles. The summed E-state index contributed by atoms with van der Waals surface area (Å²) >= 11 is 0. The Morgan fingerprint density at radius 2 is 0.500 bits per heavy atom. The predicted octanol–water partition coefficient (Wildman–Crippen LogP) is 7.75. The van der Waals surface area contributed by atoms with Gasteiger partial charge in [0.05, 0.1) is 0 Å². The zero-order chi connectivity index (χ0) is 15.2. The Morgan fingerprint density at radius 3 is 0.500 bits per heavy atom. The highest BCUT2D eigenvalue weighted by Crippen LogP contribution is 1.86. The van der Waals surface area contributed by atoms with Gasteiger partial charge in [0.15, 0.2) is 0 Å². The average Bonchev–Trinajstić information content (AvgIpc) is 2.27. The molecule has 3 atom stereocenters. The van der Waals surface area contributed by atoms with Crippen LogP contribution in [0.5, 0.6) is 0 Å². The maximum atomic E-state index is 2.33. The van der Waals surface area contributed by atoms with Crippen molar-refractivity contribution in [2.75, 3.05) is 0 Å². The molecule has 0 N–H and O–H groups in total. The van der Waals surface area contributed by atoms with E-state index in [-0.39, 0.29) is 17.3 Å². The molecule has 0 aromatic rings. The number of hydrogen-bond acceptors (Lipinski definition) is 0. The maximum absolute atomic E-state index is 2.33. The molecule has 0 aliphatic rings. The Balaban J connectivity index is -0.0000000113. The second-order valence-corrected chi connectivity index (χ2v) is 3.46. The fourth-order valence-electron chi connectivity index (χ4n) is 0. The van der Waals surface area contributed by atoms with Crippen LogP contribution in [0.2, 0.25) is 0 Å². The van der Waals surface area contributed by atoms with Crippen LogP contribution in [0.4, 0.5) is 0 Å². The monoisotopic (exact) mass is 322 g/mol. The Kier molecular flexibility index (Phi) is 289. The molecule has 0 bridgehead atoms. The molecule has 0 heterocycles. The van der Waals surface area contributed by atoms with Gasteiger partial charge in [-0.05, 0) is 11.8 Å². The highest BCUT2D eigenvalue weighted by molar-refractivity contribution is 7.92. The first-order chi connectivity index (χ1) is 7.46. The van der Waals surface area contributed by atoms with Crippen LogP contribution in [-0.2, 0) is 0 Å². The van der Waals surface area contributed by atoms with Crippen molar-refractivity contribution < 1.29 is 0 Å². The van der Waals surface area contributed by atoms with E-state index < -0.39 is 0 Å². The predicted molar refractivity (Wildman–Crippen MR) is 112 cm³/mol. The summed E-state index contributed by atoms with van der Waals surface area (Å²) in [6.45, 7) is 25.0. The van der Waals surface area contributed by atoms with Gasteiger partial charge < -0.3 is 0 Å². The van der Waals surface area contributed by atoms with Crippen LogP contribution in [0, 0.1) is 11.8 Å². The van der Waals surface area contributed by atoms with Crippen LogP contribution in [0.1, 0.15) is 90.5 Å². The molecule has 124 valence electrons. The smallest absolute Gasteiger partial charge is 0.0500 e. The van der Waals surface area contributed by atoms with Gasteiger partial charge in [0.25, 0.3) is 0 Å². The lowest BCUT2D eigenvalue weighted by Crippen LogP contribution is -1.66. The summed E-state index contributed by atoms with van der Waals surface area (Å²) in [5.41, 5.74) is 0. The van der Waals surface area contributed by atoms with Gasteiger partial charge in [0, 0.05) is 0 Å². The molecule has 0 nitrogen and oxygen atoms in total. The van der Waals surface area contributed by atoms with E-state index in [1.807, 2.05) is 41.5 Å². The minimum atomic E-state index is 0. The summed E-state index contributed by atoms with van der Waals surface area (Å²) in [5.74, 6) is 1.67. The molecule has 0 amide bonds. The van der Waals surface area contributed by atoms with Crippen LogP contribution in [0.15, 0.2) is 0 Å². The largest absolute Gasteiger partial charge is 0.153 e. The number of hydrogen-bond donors (Lipinski definition) is 0. The van der Waals surface area contributed by atoms with Gasteiger partial charge in [-0.3, -0.25) is 0 Å². The van der Waals surface area contributed by atoms with Gasteiger partial charge in [-0.1, -0.05) is 90.5 Å². The third-order valence-corrected chi connectivity index (χ3v) is 0. The van der Waals surface area contributed by atoms with Crippen molar-refractivity contribution in [1.29, 1.82) is 0 Å². The molecule has 3 unspecified atom stereocenters. The summed E-state index contributed by atoms with van der Waals surface area (Å²) in [6, 6.07) is 0. The molecule has 0 rings (SSSR count). The van der Waals surface area contributed by atoms with Crippen molar-refractivity contribution in [3.8, 4) is 0 Å². The van der Waals surface area contributed by atoms with E-state index >= 15 is 0 Å². The van der Waals surface area contributed by atoms with Gasteiger partial charge in [-0.25, -0.2) is 0 Å². The van der Waals surface area contributed by atoms with Crippen molar-refractivity contribution in [1.82, 2.24) is 0 Å². The van der Waals surface area contributed by atoms with Crippen LogP contribution in [-0.4, -0.2) is 0 Å². The van der Waals surface area contributed by atoms with Crippen molar-refractivity contribution in [2.24, 2.45) is 11.8 Å². The quantitative estimate of drug-likeness (QED) is 0.400. The van der Waals surface area contributed by atoms with E-state index in [0.29, 0.717) is 0 Å². The van der Waals surface area contributed by atoms with E-state index in [2.05, 4.69) is 59.4 Å². The van der Waals surface area contributed by atoms with E-state index in [9.17, 15) is 0 Å². The first-order valence-corrected chi connectivity index (χ1v) is 9.46. The molecular formula is C15H49P3. The van der Waals surface area contributed by atoms with E-state index in [4.69, 9.17) is 0 Å². The Hall–Kier alpha value is 1.29. The Bertz CT molecular complexity index is 27.2. The fraction of sp³-hybridized carbons (Fsp3) is 1.00. The summed E-state index contributed by atoms with van der Waals surface area (Å²) in [4.78, 5) is 0. The standard InChI is InChI=1S/2C4H10.3C2H6.CH4.H4P2.H3P/c2*1-4(2)3;3*1-2;;1-2;/h2*4H,1-3H3;3*1-2H3;1H4;1-2H2;1H3. The van der Waals surface area contributed by atoms with Crippen molar-refractivity contribution in [3.63, 3.8) is 0 Å². The molecule has 0 aliphatic carbocycles. The lowest BCUT2D eigenvalue weighted by Gasteiger charge is -1.79. The molecule has 18 heavy (non-hydrogen) atoms. The minimum Gasteiger partial charge on any atom is -0.153 e. The average molecular weight is 322 g/mol. The van der Waals surface area contributed by atoms with Gasteiger partial charge in [-0.15, -0.1) is 17.9 Å². The first kappa shape index (κ1) is 50.6. The van der Waals surface area contributed by atoms with Gasteiger partial charge in [-0.2, -0.15) is 9.90 Å². The summed E-state index contributed by atoms with van der Waals surface area (Å²) in [6.07, 6.45) is 0. The van der Waals surface area contributed by atoms with Crippen molar-refractivity contribution >= 4 is 27.8 Å². The second-order valence-electron chi connectivity index (χ2n) is 3.46. The lowest BCUT2D eigenvalue weighted by atomic mass is 10.3. The molecule has 0 aliphatic heterocycles. The minimum absolute atomic E-state index is 0. The fourth-order valence-corrected chi connectivity index (χ4v) is 0. The van der Waals surface area contributed by atoms with E-state index in [1.165, 1.54) is 0 Å². The molecular weight excluding hydrogens is 273 g/mol. The van der Waals surface area contributed by atoms with Crippen LogP contribution < -0.4 is 0 Å². The van der Waals surface area contributed by atoms with Crippen molar-refractivity contribution in [2.45, 2.75) is 90.5 Å². The number of rotatable bonds is 0. The molecule has 3 heteroatoms. The van der Waals surface area contributed by atoms with Gasteiger partial charge in [0.2, 0.25) is 0 Å². The molecule has 0 spiro atoms. The highest BCUT2D eigenvalue weighted by atomic mass is 32.0. The van der Waals surface area contributed by atoms with Gasteiger partial charge in [0.1, 0.15) is 0 Å². The molecule has 0 fully saturated rings. The maximum Gasteiger partial charge on any atom is -0.0500 e. The molecule has 0 saturated heterocycles. The molecule has 0 aromatic carbocycles. The molecule has 0 aromatic heterocycles. The highest BCUT2D eigenvalue weighted by Gasteiger charge is 1.68. The van der Waals surface area contributed by atoms with Crippen LogP contribution in [0.25, 0.3) is 0 Å². The third kappa shape index (κ3) is 2760. The van der Waals surface area contributed by atoms with Crippen LogP contribution in [0.3, 0.4) is 0 Å². The van der Waals surface area contributed by atoms with Crippen molar-refractivity contribution in [3.05, 3.63) is 0 Å². The second kappa shape index (κ2) is 103. The van der Waals surface area contributed by atoms with Gasteiger partial charge >= 0.3 is 0 Å². The SMILES string of the molecule is C.CC.CC.CC.CC(C)C.CC(C)C.P.PP. The zero-order valence-corrected chi connectivity index (χ0v) is 18.7. The third-order valence-electron chi connectivity index (χ3n) is 0. The topological polar surface area (TPSA) is 0 Å². The summed E-state index contributed by atoms with van der Waals surface area (Å²) < 4.78 is 0. The Morgan fingerprint density at radius 1 is 0.500 bits per heavy atom. The van der Waals surface area contributed by atoms with Crippen LogP contribution >= 0.6 is 27.8 Å². The normalized spacial score (nSPS) is 5.33. The summed E-state index contributed by atoms with van der Waals surface area (Å²) in [5, 5.41) is 0. The molecule has 0 radical (unpaired) electrons. The lowest BCUT2D eigenvalue weighted by molar-refractivity contribution is 0.736. The Labute approximate surface area is 130 Å². The zero-order valence-electron chi connectivity index (χ0n) is 15.0. The van der Waals surface area contributed by atoms with E-state index in [0.717, 1.165) is 11.8 Å². The summed E-state index contributed by atoms with van der Waals surface area (Å²) in [7, 11) is 4.67.